The van der Waals surface area contributed by atoms with E-state index in [1.807, 2.05) is 18.2 Å². The summed E-state index contributed by atoms with van der Waals surface area (Å²) in [4.78, 5) is 10.1. The molecule has 1 rings (SSSR count). The Balaban J connectivity index is 3.07. The second-order valence-corrected chi connectivity index (χ2v) is 2.78. The summed E-state index contributed by atoms with van der Waals surface area (Å²) in [5, 5.41) is 0. The van der Waals surface area contributed by atoms with Crippen LogP contribution in [0.4, 0.5) is 0 Å². The molecule has 0 radical (unpaired) electrons. The molecule has 0 atom stereocenters. The van der Waals surface area contributed by atoms with Crippen LogP contribution in [0.2, 0.25) is 0 Å². The Hall–Kier alpha value is -1.37. The van der Waals surface area contributed by atoms with Gasteiger partial charge in [0.05, 0.1) is 0 Å². The summed E-state index contributed by atoms with van der Waals surface area (Å²) in [6.07, 6.45) is 4.14. The third-order valence-electron chi connectivity index (χ3n) is 2.00. The number of aryl methyl sites for hydroxylation is 1. The van der Waals surface area contributed by atoms with Gasteiger partial charge in [0.15, 0.2) is 0 Å². The molecule has 0 aliphatic heterocycles. The van der Waals surface area contributed by atoms with Crippen LogP contribution >= 0.6 is 0 Å². The van der Waals surface area contributed by atoms with Crippen LogP contribution in [-0.4, -0.2) is 6.29 Å². The largest absolute Gasteiger partial charge is 0.299 e. The minimum atomic E-state index is 0.793. The Morgan fingerprint density at radius 2 is 2.00 bits per heavy atom. The first-order chi connectivity index (χ1) is 5.75. The quantitative estimate of drug-likeness (QED) is 0.480. The lowest BCUT2D eigenvalue weighted by Gasteiger charge is -2.02. The predicted octanol–water partition coefficient (Wildman–Crippen LogP) is 2.52. The number of allylic oxidation sites excluding steroid dienone is 1. The maximum Gasteiger partial charge on any atom is 0.142 e. The minimum absolute atomic E-state index is 0.793. The van der Waals surface area contributed by atoms with E-state index in [0.717, 1.165) is 11.8 Å². The summed E-state index contributed by atoms with van der Waals surface area (Å²) in [5.41, 5.74) is 3.60. The number of benzene rings is 1. The van der Waals surface area contributed by atoms with E-state index in [2.05, 4.69) is 19.9 Å². The fourth-order valence-corrected chi connectivity index (χ4v) is 1.10. The summed E-state index contributed by atoms with van der Waals surface area (Å²) in [5.74, 6) is 0. The molecule has 0 bridgehead atoms. The number of aldehydes is 1. The first kappa shape index (κ1) is 8.72. The molecule has 0 aliphatic rings. The van der Waals surface area contributed by atoms with Gasteiger partial charge >= 0.3 is 0 Å². The lowest BCUT2D eigenvalue weighted by atomic mass is 10.0. The number of carbonyl (C=O) groups excluding carboxylic acids is 1. The fourth-order valence-electron chi connectivity index (χ4n) is 1.10. The highest BCUT2D eigenvalue weighted by Crippen LogP contribution is 2.13. The summed E-state index contributed by atoms with van der Waals surface area (Å²) in [6, 6.07) is 6.06. The Bertz CT molecular complexity index is 311. The molecule has 0 spiro atoms. The lowest BCUT2D eigenvalue weighted by molar-refractivity contribution is -0.104. The van der Waals surface area contributed by atoms with Crippen molar-refractivity contribution in [1.82, 2.24) is 0 Å². The third kappa shape index (κ3) is 1.82. The van der Waals surface area contributed by atoms with E-state index in [1.54, 1.807) is 0 Å². The Morgan fingerprint density at radius 3 is 2.67 bits per heavy atom. The molecule has 0 N–H and O–H groups in total. The average molecular weight is 160 g/mol. The number of carbonyl (C=O) groups is 1. The normalized spacial score (nSPS) is 10.5. The zero-order valence-electron chi connectivity index (χ0n) is 7.37. The monoisotopic (exact) mass is 160 g/mol. The van der Waals surface area contributed by atoms with E-state index in [-0.39, 0.29) is 0 Å². The highest BCUT2D eigenvalue weighted by molar-refractivity contribution is 5.74. The molecule has 0 saturated carbocycles. The van der Waals surface area contributed by atoms with Crippen molar-refractivity contribution in [3.63, 3.8) is 0 Å². The van der Waals surface area contributed by atoms with Crippen molar-refractivity contribution in [1.29, 1.82) is 0 Å². The minimum Gasteiger partial charge on any atom is -0.299 e. The zero-order chi connectivity index (χ0) is 8.97. The molecule has 1 aromatic rings. The van der Waals surface area contributed by atoms with Crippen LogP contribution in [0.1, 0.15) is 16.7 Å². The molecule has 0 saturated heterocycles. The smallest absolute Gasteiger partial charge is 0.142 e. The first-order valence-electron chi connectivity index (χ1n) is 3.94. The van der Waals surface area contributed by atoms with Crippen molar-refractivity contribution in [2.45, 2.75) is 13.8 Å². The Labute approximate surface area is 72.7 Å². The maximum atomic E-state index is 10.1. The molecule has 0 aromatic heterocycles. The van der Waals surface area contributed by atoms with Crippen LogP contribution in [0.25, 0.3) is 6.08 Å². The number of rotatable bonds is 2. The van der Waals surface area contributed by atoms with Crippen LogP contribution in [0.15, 0.2) is 24.3 Å². The zero-order valence-corrected chi connectivity index (χ0v) is 7.37. The molecule has 1 heteroatoms. The molecule has 0 amide bonds. The molecular formula is C11H12O. The van der Waals surface area contributed by atoms with Crippen molar-refractivity contribution >= 4 is 12.4 Å². The van der Waals surface area contributed by atoms with Crippen molar-refractivity contribution in [3.05, 3.63) is 41.0 Å². The molecule has 1 nitrogen and oxygen atoms in total. The number of hydrogen-bond acceptors (Lipinski definition) is 1. The van der Waals surface area contributed by atoms with Gasteiger partial charge in [-0.05, 0) is 36.6 Å². The van der Waals surface area contributed by atoms with Gasteiger partial charge in [-0.25, -0.2) is 0 Å². The van der Waals surface area contributed by atoms with Gasteiger partial charge in [-0.1, -0.05) is 24.3 Å². The van der Waals surface area contributed by atoms with Crippen LogP contribution in [0.5, 0.6) is 0 Å². The van der Waals surface area contributed by atoms with Gasteiger partial charge in [0.2, 0.25) is 0 Å². The second kappa shape index (κ2) is 3.86. The molecule has 1 aromatic carbocycles. The molecule has 0 heterocycles. The Morgan fingerprint density at radius 1 is 1.25 bits per heavy atom. The topological polar surface area (TPSA) is 17.1 Å². The van der Waals surface area contributed by atoms with E-state index < -0.39 is 0 Å². The molecule has 12 heavy (non-hydrogen) atoms. The molecule has 0 fully saturated rings. The van der Waals surface area contributed by atoms with E-state index in [0.29, 0.717) is 0 Å². The molecule has 0 unspecified atom stereocenters. The maximum absolute atomic E-state index is 10.1. The van der Waals surface area contributed by atoms with Crippen molar-refractivity contribution in [3.8, 4) is 0 Å². The van der Waals surface area contributed by atoms with Gasteiger partial charge in [-0.15, -0.1) is 0 Å². The van der Waals surface area contributed by atoms with E-state index in [1.165, 1.54) is 17.2 Å². The molecular weight excluding hydrogens is 148 g/mol. The third-order valence-corrected chi connectivity index (χ3v) is 2.00. The van der Waals surface area contributed by atoms with Crippen LogP contribution < -0.4 is 0 Å². The Kier molecular flexibility index (Phi) is 2.81. The van der Waals surface area contributed by atoms with Crippen LogP contribution in [0.3, 0.4) is 0 Å². The van der Waals surface area contributed by atoms with Gasteiger partial charge in [-0.2, -0.15) is 0 Å². The van der Waals surface area contributed by atoms with Gasteiger partial charge in [0, 0.05) is 0 Å². The van der Waals surface area contributed by atoms with Gasteiger partial charge in [-0.3, -0.25) is 4.79 Å². The van der Waals surface area contributed by atoms with E-state index >= 15 is 0 Å². The fraction of sp³-hybridized carbons (Fsp3) is 0.182. The first-order valence-corrected chi connectivity index (χ1v) is 3.94. The summed E-state index contributed by atoms with van der Waals surface area (Å²) in [6.45, 7) is 4.12. The standard InChI is InChI=1S/C11H12O/c1-9-5-3-6-11(10(9)2)7-4-8-12/h3-8H,1-2H3. The van der Waals surface area contributed by atoms with Crippen molar-refractivity contribution < 1.29 is 4.79 Å². The second-order valence-electron chi connectivity index (χ2n) is 2.78. The van der Waals surface area contributed by atoms with Gasteiger partial charge in [0.25, 0.3) is 0 Å². The van der Waals surface area contributed by atoms with E-state index in [9.17, 15) is 4.79 Å². The molecule has 62 valence electrons. The molecule has 0 aliphatic carbocycles. The highest BCUT2D eigenvalue weighted by Gasteiger charge is 1.94. The van der Waals surface area contributed by atoms with Gasteiger partial charge < -0.3 is 0 Å². The predicted molar refractivity (Wildman–Crippen MR) is 51.0 cm³/mol. The lowest BCUT2D eigenvalue weighted by Crippen LogP contribution is -1.84. The van der Waals surface area contributed by atoms with Crippen LogP contribution in [-0.2, 0) is 4.79 Å². The van der Waals surface area contributed by atoms with Crippen molar-refractivity contribution in [2.75, 3.05) is 0 Å². The summed E-state index contributed by atoms with van der Waals surface area (Å²) >= 11 is 0. The van der Waals surface area contributed by atoms with Crippen LogP contribution in [0, 0.1) is 13.8 Å². The number of hydrogen-bond donors (Lipinski definition) is 0. The van der Waals surface area contributed by atoms with Gasteiger partial charge in [0.1, 0.15) is 6.29 Å². The van der Waals surface area contributed by atoms with E-state index in [4.69, 9.17) is 0 Å². The SMILES string of the molecule is Cc1cccc(C=CC=O)c1C. The highest BCUT2D eigenvalue weighted by atomic mass is 16.1. The summed E-state index contributed by atoms with van der Waals surface area (Å²) in [7, 11) is 0. The van der Waals surface area contributed by atoms with Crippen molar-refractivity contribution in [2.24, 2.45) is 0 Å². The average Bonchev–Trinajstić information content (AvgIpc) is 2.08. The summed E-state index contributed by atoms with van der Waals surface area (Å²) < 4.78 is 0.